The van der Waals surface area contributed by atoms with Gasteiger partial charge < -0.3 is 14.8 Å². The van der Waals surface area contributed by atoms with Crippen LogP contribution in [0.2, 0.25) is 0 Å². The number of aryl methyl sites for hydroxylation is 2. The topological polar surface area (TPSA) is 37.3 Å². The Kier molecular flexibility index (Phi) is 5.95. The van der Waals surface area contributed by atoms with Crippen LogP contribution in [0.15, 0.2) is 72.9 Å². The van der Waals surface area contributed by atoms with Gasteiger partial charge in [0, 0.05) is 23.2 Å². The van der Waals surface area contributed by atoms with Crippen molar-refractivity contribution in [2.45, 2.75) is 58.2 Å². The summed E-state index contributed by atoms with van der Waals surface area (Å²) in [7, 11) is 0. The quantitative estimate of drug-likeness (QED) is 0.342. The van der Waals surface area contributed by atoms with Crippen LogP contribution in [0.25, 0.3) is 5.00 Å². The Morgan fingerprint density at radius 2 is 1.74 bits per heavy atom. The number of hydrogen-bond donors (Lipinski definition) is 1. The Morgan fingerprint density at radius 1 is 0.943 bits per heavy atom. The fourth-order valence-electron chi connectivity index (χ4n) is 5.55. The minimum atomic E-state index is -0.148. The Bertz CT molecular complexity index is 1340. The van der Waals surface area contributed by atoms with Gasteiger partial charge >= 0.3 is 6.03 Å². The van der Waals surface area contributed by atoms with E-state index in [-0.39, 0.29) is 12.1 Å². The number of nitrogens with one attached hydrogen (secondary N) is 1. The molecule has 5 heteroatoms. The first-order valence-electron chi connectivity index (χ1n) is 12.7. The second-order valence-corrected chi connectivity index (χ2v) is 10.7. The minimum Gasteiger partial charge on any atom is -0.334 e. The van der Waals surface area contributed by atoms with E-state index in [1.165, 1.54) is 39.4 Å². The smallest absolute Gasteiger partial charge is 0.318 e. The number of carbonyl (C=O) groups is 1. The van der Waals surface area contributed by atoms with E-state index in [1.54, 1.807) is 0 Å². The van der Waals surface area contributed by atoms with Gasteiger partial charge in [-0.15, -0.1) is 11.3 Å². The van der Waals surface area contributed by atoms with Crippen LogP contribution in [0.1, 0.15) is 64.2 Å². The fourth-order valence-corrected chi connectivity index (χ4v) is 6.95. The van der Waals surface area contributed by atoms with Gasteiger partial charge in [-0.1, -0.05) is 61.5 Å². The molecule has 0 spiro atoms. The highest BCUT2D eigenvalue weighted by Crippen LogP contribution is 2.44. The van der Waals surface area contributed by atoms with Crippen molar-refractivity contribution in [3.8, 4) is 5.00 Å². The molecule has 2 aromatic carbocycles. The van der Waals surface area contributed by atoms with Crippen molar-refractivity contribution in [1.29, 1.82) is 0 Å². The minimum absolute atomic E-state index is 0.0187. The average Bonchev–Trinajstić information content (AvgIpc) is 3.50. The summed E-state index contributed by atoms with van der Waals surface area (Å²) < 4.78 is 2.35. The first kappa shape index (κ1) is 22.2. The molecule has 0 saturated carbocycles. The lowest BCUT2D eigenvalue weighted by Gasteiger charge is -2.31. The third kappa shape index (κ3) is 4.08. The molecule has 4 nitrogen and oxygen atoms in total. The van der Waals surface area contributed by atoms with Crippen LogP contribution in [0.3, 0.4) is 0 Å². The zero-order valence-corrected chi connectivity index (χ0v) is 21.0. The SMILES string of the molecule is CCc1ccc([C@@H]2c3cccn3-c3sc4c(c3CN2C(=O)NCc2ccccc2)CCCC4)cc1. The first-order valence-corrected chi connectivity index (χ1v) is 13.5. The Balaban J connectivity index is 1.44. The fraction of sp³-hybridized carbons (Fsp3) is 0.300. The van der Waals surface area contributed by atoms with E-state index in [9.17, 15) is 4.79 Å². The molecular weight excluding hydrogens is 450 g/mol. The molecule has 0 fully saturated rings. The van der Waals surface area contributed by atoms with Crippen LogP contribution in [-0.4, -0.2) is 15.5 Å². The maximum absolute atomic E-state index is 13.9. The lowest BCUT2D eigenvalue weighted by atomic mass is 9.95. The van der Waals surface area contributed by atoms with Crippen LogP contribution >= 0.6 is 11.3 Å². The van der Waals surface area contributed by atoms with Gasteiger partial charge in [0.05, 0.1) is 18.3 Å². The van der Waals surface area contributed by atoms with Gasteiger partial charge in [0.25, 0.3) is 0 Å². The molecular formula is C30H31N3OS. The number of carbonyl (C=O) groups excluding carboxylic acids is 1. The molecule has 2 amide bonds. The van der Waals surface area contributed by atoms with Crippen molar-refractivity contribution in [3.05, 3.63) is 111 Å². The number of thiophene rings is 1. The summed E-state index contributed by atoms with van der Waals surface area (Å²) in [4.78, 5) is 17.4. The summed E-state index contributed by atoms with van der Waals surface area (Å²) >= 11 is 1.93. The maximum Gasteiger partial charge on any atom is 0.318 e. The summed E-state index contributed by atoms with van der Waals surface area (Å²) in [6.07, 6.45) is 7.95. The molecule has 4 aromatic rings. The molecule has 178 valence electrons. The molecule has 1 atom stereocenters. The molecule has 1 aliphatic carbocycles. The highest BCUT2D eigenvalue weighted by Gasteiger charge is 2.35. The monoisotopic (exact) mass is 481 g/mol. The zero-order valence-electron chi connectivity index (χ0n) is 20.2. The summed E-state index contributed by atoms with van der Waals surface area (Å²) in [5, 5.41) is 4.52. The van der Waals surface area contributed by atoms with Gasteiger partial charge in [0.1, 0.15) is 5.00 Å². The standard InChI is InChI=1S/C30H31N3OS/c1-2-21-14-16-23(17-15-21)28-26-12-8-18-32(26)29-25(24-11-6-7-13-27(24)35-29)20-33(28)30(34)31-19-22-9-4-3-5-10-22/h3-5,8-10,12,14-18,28H,2,6-7,11,13,19-20H2,1H3,(H,31,34)/t28-/m1/s1. The summed E-state index contributed by atoms with van der Waals surface area (Å²) in [6.45, 7) is 3.33. The maximum atomic E-state index is 13.9. The Labute approximate surface area is 211 Å². The number of hydrogen-bond acceptors (Lipinski definition) is 2. The molecule has 1 aliphatic heterocycles. The number of benzene rings is 2. The van der Waals surface area contributed by atoms with Gasteiger partial charge in [0.2, 0.25) is 0 Å². The van der Waals surface area contributed by atoms with Crippen LogP contribution in [-0.2, 0) is 32.4 Å². The molecule has 0 radical (unpaired) electrons. The van der Waals surface area contributed by atoms with Crippen molar-refractivity contribution in [3.63, 3.8) is 0 Å². The molecule has 0 bridgehead atoms. The van der Waals surface area contributed by atoms with Crippen molar-refractivity contribution in [2.75, 3.05) is 0 Å². The molecule has 0 unspecified atom stereocenters. The highest BCUT2D eigenvalue weighted by atomic mass is 32.1. The number of urea groups is 1. The van der Waals surface area contributed by atoms with Gasteiger partial charge in [-0.3, -0.25) is 0 Å². The van der Waals surface area contributed by atoms with E-state index in [4.69, 9.17) is 0 Å². The highest BCUT2D eigenvalue weighted by molar-refractivity contribution is 7.15. The van der Waals surface area contributed by atoms with Crippen molar-refractivity contribution in [1.82, 2.24) is 14.8 Å². The molecule has 2 aliphatic rings. The van der Waals surface area contributed by atoms with Gasteiger partial charge in [-0.25, -0.2) is 4.79 Å². The van der Waals surface area contributed by atoms with E-state index in [0.717, 1.165) is 36.1 Å². The van der Waals surface area contributed by atoms with E-state index < -0.39 is 0 Å². The molecule has 1 N–H and O–H groups in total. The van der Waals surface area contributed by atoms with Crippen LogP contribution in [0.5, 0.6) is 0 Å². The second-order valence-electron chi connectivity index (χ2n) is 9.57. The third-order valence-corrected chi connectivity index (χ3v) is 8.76. The predicted molar refractivity (Wildman–Crippen MR) is 142 cm³/mol. The average molecular weight is 482 g/mol. The van der Waals surface area contributed by atoms with Crippen molar-refractivity contribution in [2.24, 2.45) is 0 Å². The van der Waals surface area contributed by atoms with Gasteiger partial charge in [-0.05, 0) is 66.5 Å². The molecule has 2 aromatic heterocycles. The lowest BCUT2D eigenvalue weighted by Crippen LogP contribution is -2.41. The summed E-state index contributed by atoms with van der Waals surface area (Å²) in [6, 6.07) is 23.1. The van der Waals surface area contributed by atoms with Crippen LogP contribution in [0.4, 0.5) is 4.79 Å². The number of rotatable bonds is 4. The van der Waals surface area contributed by atoms with Crippen LogP contribution < -0.4 is 5.32 Å². The van der Waals surface area contributed by atoms with Crippen LogP contribution in [0, 0.1) is 0 Å². The number of amides is 2. The largest absolute Gasteiger partial charge is 0.334 e. The van der Waals surface area contributed by atoms with Gasteiger partial charge in [0.15, 0.2) is 0 Å². The molecule has 6 rings (SSSR count). The van der Waals surface area contributed by atoms with E-state index in [1.807, 2.05) is 29.5 Å². The summed E-state index contributed by atoms with van der Waals surface area (Å²) in [5.74, 6) is 0. The predicted octanol–water partition coefficient (Wildman–Crippen LogP) is 6.79. The molecule has 3 heterocycles. The van der Waals surface area contributed by atoms with Gasteiger partial charge in [-0.2, -0.15) is 0 Å². The van der Waals surface area contributed by atoms with E-state index in [0.29, 0.717) is 13.1 Å². The van der Waals surface area contributed by atoms with E-state index >= 15 is 0 Å². The zero-order chi connectivity index (χ0) is 23.8. The Morgan fingerprint density at radius 3 is 2.54 bits per heavy atom. The van der Waals surface area contributed by atoms with Crippen molar-refractivity contribution < 1.29 is 4.79 Å². The van der Waals surface area contributed by atoms with E-state index in [2.05, 4.69) is 76.4 Å². The number of nitrogens with zero attached hydrogens (tertiary/aromatic N) is 2. The third-order valence-electron chi connectivity index (χ3n) is 7.43. The molecule has 0 saturated heterocycles. The Hall–Kier alpha value is -3.31. The van der Waals surface area contributed by atoms with Crippen molar-refractivity contribution >= 4 is 17.4 Å². The summed E-state index contributed by atoms with van der Waals surface area (Å²) in [5.41, 5.74) is 7.55. The number of aromatic nitrogens is 1. The normalized spacial score (nSPS) is 16.7. The molecule has 35 heavy (non-hydrogen) atoms. The lowest BCUT2D eigenvalue weighted by molar-refractivity contribution is 0.180. The second kappa shape index (κ2) is 9.38. The number of fused-ring (bicyclic) bond motifs is 5. The first-order chi connectivity index (χ1) is 17.2.